The molecule has 0 saturated carbocycles. The Morgan fingerprint density at radius 3 is 1.83 bits per heavy atom. The Bertz CT molecular complexity index is 193. The first-order chi connectivity index (χ1) is 8.55. The second kappa shape index (κ2) is 9.59. The predicted molar refractivity (Wildman–Crippen MR) is 63.7 cm³/mol. The molecule has 0 aromatic heterocycles. The molecule has 0 aromatic carbocycles. The van der Waals surface area contributed by atoms with Gasteiger partial charge in [-0.15, -0.1) is 0 Å². The summed E-state index contributed by atoms with van der Waals surface area (Å²) in [6.45, 7) is -0.729. The van der Waals surface area contributed by atoms with Crippen molar-refractivity contribution in [2.45, 2.75) is 24.3 Å². The fourth-order valence-electron chi connectivity index (χ4n) is 1.31. The molecule has 0 heterocycles. The van der Waals surface area contributed by atoms with Gasteiger partial charge in [0.2, 0.25) is 0 Å². The monoisotopic (exact) mass is 268 g/mol. The van der Waals surface area contributed by atoms with Crippen molar-refractivity contribution in [2.75, 3.05) is 39.5 Å². The number of nitrogens with one attached hydrogen (secondary N) is 2. The van der Waals surface area contributed by atoms with Crippen LogP contribution in [-0.2, 0) is 0 Å². The van der Waals surface area contributed by atoms with Gasteiger partial charge in [0.15, 0.2) is 6.29 Å². The molecule has 0 aliphatic carbocycles. The lowest BCUT2D eigenvalue weighted by molar-refractivity contribution is -0.0777. The van der Waals surface area contributed by atoms with Crippen LogP contribution in [0, 0.1) is 0 Å². The highest BCUT2D eigenvalue weighted by atomic mass is 16.5. The summed E-state index contributed by atoms with van der Waals surface area (Å²) in [5.74, 6) is 0. The van der Waals surface area contributed by atoms with Crippen LogP contribution in [-0.4, -0.2) is 88.0 Å². The fraction of sp³-hybridized carbons (Fsp3) is 1.00. The average Bonchev–Trinajstić information content (AvgIpc) is 2.38. The molecular weight excluding hydrogens is 244 g/mol. The summed E-state index contributed by atoms with van der Waals surface area (Å²) in [7, 11) is 0. The van der Waals surface area contributed by atoms with Gasteiger partial charge in [0.1, 0.15) is 0 Å². The van der Waals surface area contributed by atoms with Crippen LogP contribution in [0.3, 0.4) is 0 Å². The second-order valence-electron chi connectivity index (χ2n) is 4.19. The molecule has 0 amide bonds. The lowest BCUT2D eigenvalue weighted by Crippen LogP contribution is -2.55. The van der Waals surface area contributed by atoms with Crippen molar-refractivity contribution in [3.8, 4) is 0 Å². The van der Waals surface area contributed by atoms with Crippen LogP contribution in [0.15, 0.2) is 0 Å². The Morgan fingerprint density at radius 1 is 0.889 bits per heavy atom. The maximum absolute atomic E-state index is 9.03. The molecule has 0 aromatic rings. The number of aliphatic hydroxyl groups is 6. The molecule has 110 valence electrons. The summed E-state index contributed by atoms with van der Waals surface area (Å²) in [6, 6.07) is -0.803. The lowest BCUT2D eigenvalue weighted by atomic mass is 10.0. The summed E-state index contributed by atoms with van der Waals surface area (Å²) in [6.07, 6.45) is -1.07. The first-order valence-corrected chi connectivity index (χ1v) is 5.83. The molecule has 1 atom stereocenters. The molecule has 18 heavy (non-hydrogen) atoms. The van der Waals surface area contributed by atoms with Crippen molar-refractivity contribution in [3.63, 3.8) is 0 Å². The Balaban J connectivity index is 3.79. The Kier molecular flexibility index (Phi) is 9.42. The fourth-order valence-corrected chi connectivity index (χ4v) is 1.31. The minimum atomic E-state index is -1.63. The number of hydrogen-bond acceptors (Lipinski definition) is 8. The first kappa shape index (κ1) is 17.7. The zero-order chi connectivity index (χ0) is 14.0. The minimum Gasteiger partial charge on any atom is -0.395 e. The van der Waals surface area contributed by atoms with Gasteiger partial charge in [0.25, 0.3) is 0 Å². The Labute approximate surface area is 106 Å². The third-order valence-electron chi connectivity index (χ3n) is 2.72. The Hall–Kier alpha value is -0.320. The van der Waals surface area contributed by atoms with Crippen molar-refractivity contribution in [1.82, 2.24) is 10.6 Å². The van der Waals surface area contributed by atoms with Crippen molar-refractivity contribution >= 4 is 0 Å². The summed E-state index contributed by atoms with van der Waals surface area (Å²) in [5.41, 5.74) is -1.10. The normalized spacial score (nSPS) is 14.2. The number of aliphatic hydroxyl groups excluding tert-OH is 5. The standard InChI is InChI=1S/C10H24N2O6/c13-4-8(9(17)18)11-2-1-3-12-10(5-14,6-15)7-16/h8-9,11-18H,1-7H2. The number of hydrogen-bond donors (Lipinski definition) is 8. The van der Waals surface area contributed by atoms with Crippen LogP contribution >= 0.6 is 0 Å². The van der Waals surface area contributed by atoms with E-state index in [0.29, 0.717) is 19.5 Å². The smallest absolute Gasteiger partial charge is 0.169 e. The van der Waals surface area contributed by atoms with Gasteiger partial charge in [-0.25, -0.2) is 0 Å². The SMILES string of the molecule is OCC(NCCCNC(CO)(CO)CO)C(O)O. The molecule has 0 bridgehead atoms. The van der Waals surface area contributed by atoms with E-state index in [1.165, 1.54) is 0 Å². The van der Waals surface area contributed by atoms with Gasteiger partial charge in [-0.05, 0) is 19.5 Å². The molecule has 0 aliphatic rings. The zero-order valence-corrected chi connectivity index (χ0v) is 10.3. The van der Waals surface area contributed by atoms with E-state index in [1.807, 2.05) is 0 Å². The van der Waals surface area contributed by atoms with Crippen molar-refractivity contribution < 1.29 is 30.6 Å². The minimum absolute atomic E-state index is 0.387. The van der Waals surface area contributed by atoms with Gasteiger partial charge in [-0.2, -0.15) is 0 Å². The summed E-state index contributed by atoms with van der Waals surface area (Å²) in [5, 5.41) is 59.1. The van der Waals surface area contributed by atoms with E-state index in [9.17, 15) is 0 Å². The van der Waals surface area contributed by atoms with E-state index < -0.39 is 17.9 Å². The van der Waals surface area contributed by atoms with Crippen LogP contribution in [0.25, 0.3) is 0 Å². The van der Waals surface area contributed by atoms with Gasteiger partial charge in [-0.1, -0.05) is 0 Å². The van der Waals surface area contributed by atoms with E-state index in [4.69, 9.17) is 30.6 Å². The molecule has 0 fully saturated rings. The van der Waals surface area contributed by atoms with Crippen LogP contribution in [0.2, 0.25) is 0 Å². The van der Waals surface area contributed by atoms with Crippen LogP contribution in [0.1, 0.15) is 6.42 Å². The second-order valence-corrected chi connectivity index (χ2v) is 4.19. The first-order valence-electron chi connectivity index (χ1n) is 5.83. The molecule has 1 unspecified atom stereocenters. The van der Waals surface area contributed by atoms with E-state index >= 15 is 0 Å². The van der Waals surface area contributed by atoms with Crippen molar-refractivity contribution in [2.24, 2.45) is 0 Å². The predicted octanol–water partition coefficient (Wildman–Crippen LogP) is -4.06. The van der Waals surface area contributed by atoms with Gasteiger partial charge in [-0.3, -0.25) is 0 Å². The van der Waals surface area contributed by atoms with Crippen LogP contribution < -0.4 is 10.6 Å². The van der Waals surface area contributed by atoms with Crippen molar-refractivity contribution in [3.05, 3.63) is 0 Å². The molecule has 0 spiro atoms. The molecule has 0 rings (SSSR count). The third-order valence-corrected chi connectivity index (χ3v) is 2.72. The topological polar surface area (TPSA) is 145 Å². The molecule has 8 nitrogen and oxygen atoms in total. The quantitative estimate of drug-likeness (QED) is 0.140. The van der Waals surface area contributed by atoms with Gasteiger partial charge in [0, 0.05) is 0 Å². The maximum atomic E-state index is 9.03. The molecule has 0 saturated heterocycles. The zero-order valence-electron chi connectivity index (χ0n) is 10.3. The maximum Gasteiger partial charge on any atom is 0.169 e. The number of rotatable bonds is 11. The van der Waals surface area contributed by atoms with Gasteiger partial charge >= 0.3 is 0 Å². The highest BCUT2D eigenvalue weighted by molar-refractivity contribution is 4.86. The Morgan fingerprint density at radius 2 is 1.44 bits per heavy atom. The molecule has 8 heteroatoms. The van der Waals surface area contributed by atoms with E-state index in [1.54, 1.807) is 0 Å². The third kappa shape index (κ3) is 6.03. The average molecular weight is 268 g/mol. The summed E-state index contributed by atoms with van der Waals surface area (Å²) in [4.78, 5) is 0. The largest absolute Gasteiger partial charge is 0.395 e. The highest BCUT2D eigenvalue weighted by Crippen LogP contribution is 2.01. The molecular formula is C10H24N2O6. The molecule has 8 N–H and O–H groups in total. The highest BCUT2D eigenvalue weighted by Gasteiger charge is 2.26. The summed E-state index contributed by atoms with van der Waals surface area (Å²) >= 11 is 0. The van der Waals surface area contributed by atoms with Crippen LogP contribution in [0.5, 0.6) is 0 Å². The van der Waals surface area contributed by atoms with Gasteiger partial charge < -0.3 is 41.3 Å². The van der Waals surface area contributed by atoms with E-state index in [-0.39, 0.29) is 26.4 Å². The van der Waals surface area contributed by atoms with Crippen molar-refractivity contribution in [1.29, 1.82) is 0 Å². The van der Waals surface area contributed by atoms with E-state index in [2.05, 4.69) is 10.6 Å². The van der Waals surface area contributed by atoms with Gasteiger partial charge in [0.05, 0.1) is 38.0 Å². The van der Waals surface area contributed by atoms with E-state index in [0.717, 1.165) is 0 Å². The van der Waals surface area contributed by atoms with Crippen LogP contribution in [0.4, 0.5) is 0 Å². The molecule has 0 radical (unpaired) electrons. The summed E-state index contributed by atoms with van der Waals surface area (Å²) < 4.78 is 0. The molecule has 0 aliphatic heterocycles. The lowest BCUT2D eigenvalue weighted by Gasteiger charge is -2.29.